The first-order chi connectivity index (χ1) is 4.69. The maximum atomic E-state index is 5.64. The monoisotopic (exact) mass is 141 g/mol. The van der Waals surface area contributed by atoms with Crippen LogP contribution in [0.15, 0.2) is 0 Å². The molecule has 0 aliphatic heterocycles. The molecule has 10 heavy (non-hydrogen) atoms. The zero-order valence-corrected chi connectivity index (χ0v) is 7.19. The van der Waals surface area contributed by atoms with Crippen LogP contribution in [0.25, 0.3) is 0 Å². The van der Waals surface area contributed by atoms with E-state index in [1.54, 1.807) is 0 Å². The van der Waals surface area contributed by atoms with Crippen LogP contribution in [0, 0.1) is 11.3 Å². The van der Waals surface area contributed by atoms with Crippen molar-refractivity contribution >= 4 is 0 Å². The molecule has 1 rings (SSSR count). The van der Waals surface area contributed by atoms with Crippen molar-refractivity contribution in [2.45, 2.75) is 39.5 Å². The second-order valence-electron chi connectivity index (χ2n) is 4.00. The Morgan fingerprint density at radius 1 is 1.40 bits per heavy atom. The van der Waals surface area contributed by atoms with Crippen LogP contribution >= 0.6 is 0 Å². The molecule has 0 aromatic heterocycles. The van der Waals surface area contributed by atoms with E-state index in [-0.39, 0.29) is 0 Å². The molecule has 0 aromatic carbocycles. The van der Waals surface area contributed by atoms with Crippen molar-refractivity contribution in [1.29, 1.82) is 0 Å². The number of rotatable bonds is 2. The Morgan fingerprint density at radius 3 is 2.30 bits per heavy atom. The van der Waals surface area contributed by atoms with Gasteiger partial charge >= 0.3 is 0 Å². The molecule has 0 heterocycles. The van der Waals surface area contributed by atoms with Gasteiger partial charge in [-0.3, -0.25) is 0 Å². The number of nitrogens with two attached hydrogens (primary N) is 1. The maximum Gasteiger partial charge on any atom is -0.00463 e. The molecule has 1 aliphatic carbocycles. The van der Waals surface area contributed by atoms with Crippen LogP contribution in [0.3, 0.4) is 0 Å². The molecule has 0 amide bonds. The van der Waals surface area contributed by atoms with E-state index in [2.05, 4.69) is 13.8 Å². The lowest BCUT2D eigenvalue weighted by atomic mass is 9.77. The summed E-state index contributed by atoms with van der Waals surface area (Å²) < 4.78 is 0. The van der Waals surface area contributed by atoms with Crippen molar-refractivity contribution in [3.8, 4) is 0 Å². The van der Waals surface area contributed by atoms with Crippen LogP contribution in [0.2, 0.25) is 0 Å². The van der Waals surface area contributed by atoms with E-state index in [4.69, 9.17) is 5.73 Å². The highest BCUT2D eigenvalue weighted by atomic mass is 14.6. The van der Waals surface area contributed by atoms with E-state index in [1.165, 1.54) is 25.7 Å². The topological polar surface area (TPSA) is 26.0 Å². The summed E-state index contributed by atoms with van der Waals surface area (Å²) in [6.45, 7) is 5.53. The van der Waals surface area contributed by atoms with E-state index in [1.807, 2.05) is 0 Å². The normalized spacial score (nSPS) is 26.7. The standard InChI is InChI=1S/C9H19N/c1-8(7-10)9(2)5-3-4-6-9/h8H,3-7,10H2,1-2H3/t8-/m1/s1. The molecule has 1 heteroatoms. The highest BCUT2D eigenvalue weighted by molar-refractivity contribution is 4.84. The molecule has 1 aliphatic rings. The Labute approximate surface area is 64.0 Å². The van der Waals surface area contributed by atoms with Crippen molar-refractivity contribution in [1.82, 2.24) is 0 Å². The zero-order chi connectivity index (χ0) is 7.61. The summed E-state index contributed by atoms with van der Waals surface area (Å²) in [5, 5.41) is 0. The van der Waals surface area contributed by atoms with Gasteiger partial charge in [0.15, 0.2) is 0 Å². The fourth-order valence-electron chi connectivity index (χ4n) is 1.96. The van der Waals surface area contributed by atoms with Gasteiger partial charge in [-0.2, -0.15) is 0 Å². The summed E-state index contributed by atoms with van der Waals surface area (Å²) in [6.07, 6.45) is 5.62. The van der Waals surface area contributed by atoms with Gasteiger partial charge in [0.1, 0.15) is 0 Å². The third kappa shape index (κ3) is 1.34. The first kappa shape index (κ1) is 8.06. The van der Waals surface area contributed by atoms with Gasteiger partial charge in [0.05, 0.1) is 0 Å². The summed E-state index contributed by atoms with van der Waals surface area (Å²) in [7, 11) is 0. The van der Waals surface area contributed by atoms with Crippen LogP contribution in [-0.2, 0) is 0 Å². The maximum absolute atomic E-state index is 5.64. The second kappa shape index (κ2) is 2.91. The highest BCUT2D eigenvalue weighted by Gasteiger charge is 2.32. The van der Waals surface area contributed by atoms with Crippen LogP contribution in [0.1, 0.15) is 39.5 Å². The van der Waals surface area contributed by atoms with Gasteiger partial charge in [0, 0.05) is 0 Å². The predicted molar refractivity (Wildman–Crippen MR) is 44.8 cm³/mol. The van der Waals surface area contributed by atoms with Crippen molar-refractivity contribution in [2.75, 3.05) is 6.54 Å². The summed E-state index contributed by atoms with van der Waals surface area (Å²) >= 11 is 0. The van der Waals surface area contributed by atoms with Crippen molar-refractivity contribution in [3.63, 3.8) is 0 Å². The van der Waals surface area contributed by atoms with E-state index in [0.717, 1.165) is 12.5 Å². The Hall–Kier alpha value is -0.0400. The van der Waals surface area contributed by atoms with Gasteiger partial charge in [0.2, 0.25) is 0 Å². The lowest BCUT2D eigenvalue weighted by Crippen LogP contribution is -2.28. The van der Waals surface area contributed by atoms with Gasteiger partial charge in [0.25, 0.3) is 0 Å². The van der Waals surface area contributed by atoms with Crippen molar-refractivity contribution in [3.05, 3.63) is 0 Å². The first-order valence-corrected chi connectivity index (χ1v) is 4.39. The quantitative estimate of drug-likeness (QED) is 0.626. The molecular weight excluding hydrogens is 122 g/mol. The molecule has 1 saturated carbocycles. The van der Waals surface area contributed by atoms with Gasteiger partial charge in [-0.05, 0) is 30.7 Å². The minimum absolute atomic E-state index is 0.578. The van der Waals surface area contributed by atoms with Crippen molar-refractivity contribution in [2.24, 2.45) is 17.1 Å². The Kier molecular flexibility index (Phi) is 2.35. The molecule has 1 atom stereocenters. The first-order valence-electron chi connectivity index (χ1n) is 4.39. The summed E-state index contributed by atoms with van der Waals surface area (Å²) in [5.74, 6) is 0.718. The minimum Gasteiger partial charge on any atom is -0.330 e. The fourth-order valence-corrected chi connectivity index (χ4v) is 1.96. The van der Waals surface area contributed by atoms with E-state index in [9.17, 15) is 0 Å². The van der Waals surface area contributed by atoms with E-state index >= 15 is 0 Å². The van der Waals surface area contributed by atoms with Crippen LogP contribution in [-0.4, -0.2) is 6.54 Å². The highest BCUT2D eigenvalue weighted by Crippen LogP contribution is 2.43. The summed E-state index contributed by atoms with van der Waals surface area (Å²) in [5.41, 5.74) is 6.22. The van der Waals surface area contributed by atoms with Crippen LogP contribution in [0.5, 0.6) is 0 Å². The smallest absolute Gasteiger partial charge is 0.00463 e. The Bertz CT molecular complexity index is 103. The van der Waals surface area contributed by atoms with Crippen molar-refractivity contribution < 1.29 is 0 Å². The molecule has 0 unspecified atom stereocenters. The van der Waals surface area contributed by atoms with Gasteiger partial charge in [-0.15, -0.1) is 0 Å². The average molecular weight is 141 g/mol. The molecule has 0 bridgehead atoms. The minimum atomic E-state index is 0.578. The molecular formula is C9H19N. The van der Waals surface area contributed by atoms with E-state index < -0.39 is 0 Å². The van der Waals surface area contributed by atoms with Gasteiger partial charge in [-0.1, -0.05) is 26.7 Å². The lowest BCUT2D eigenvalue weighted by molar-refractivity contribution is 0.216. The van der Waals surface area contributed by atoms with Gasteiger partial charge in [-0.25, -0.2) is 0 Å². The van der Waals surface area contributed by atoms with Gasteiger partial charge < -0.3 is 5.73 Å². The summed E-state index contributed by atoms with van der Waals surface area (Å²) in [6, 6.07) is 0. The molecule has 1 fully saturated rings. The third-order valence-electron chi connectivity index (χ3n) is 3.29. The summed E-state index contributed by atoms with van der Waals surface area (Å²) in [4.78, 5) is 0. The zero-order valence-electron chi connectivity index (χ0n) is 7.19. The molecule has 0 spiro atoms. The van der Waals surface area contributed by atoms with E-state index in [0.29, 0.717) is 5.41 Å². The Morgan fingerprint density at radius 2 is 1.90 bits per heavy atom. The number of hydrogen-bond acceptors (Lipinski definition) is 1. The lowest BCUT2D eigenvalue weighted by Gasteiger charge is -2.30. The largest absolute Gasteiger partial charge is 0.330 e. The molecule has 60 valence electrons. The number of hydrogen-bond donors (Lipinski definition) is 1. The molecule has 1 nitrogen and oxygen atoms in total. The third-order valence-corrected chi connectivity index (χ3v) is 3.29. The molecule has 0 radical (unpaired) electrons. The fraction of sp³-hybridized carbons (Fsp3) is 1.00. The molecule has 2 N–H and O–H groups in total. The average Bonchev–Trinajstić information content (AvgIpc) is 2.36. The molecule has 0 aromatic rings. The van der Waals surface area contributed by atoms with Crippen LogP contribution in [0.4, 0.5) is 0 Å². The second-order valence-corrected chi connectivity index (χ2v) is 4.00. The van der Waals surface area contributed by atoms with Crippen LogP contribution < -0.4 is 5.73 Å². The predicted octanol–water partition coefficient (Wildman–Crippen LogP) is 2.16. The Balaban J connectivity index is 2.49. The SMILES string of the molecule is C[C@H](CN)C1(C)CCCC1. The molecule has 0 saturated heterocycles.